The number of amides is 1. The highest BCUT2D eigenvalue weighted by atomic mass is 16.2. The molecule has 0 radical (unpaired) electrons. The summed E-state index contributed by atoms with van der Waals surface area (Å²) in [7, 11) is 0. The first-order chi connectivity index (χ1) is 6.27. The fourth-order valence-electron chi connectivity index (χ4n) is 1.73. The summed E-state index contributed by atoms with van der Waals surface area (Å²) in [6.45, 7) is 5.71. The summed E-state index contributed by atoms with van der Waals surface area (Å²) in [5, 5.41) is 0. The van der Waals surface area contributed by atoms with E-state index in [1.165, 1.54) is 6.42 Å². The van der Waals surface area contributed by atoms with Gasteiger partial charge in [-0.05, 0) is 31.6 Å². The zero-order valence-corrected chi connectivity index (χ0v) is 8.47. The van der Waals surface area contributed by atoms with E-state index in [2.05, 4.69) is 18.8 Å². The Kier molecular flexibility index (Phi) is 3.82. The Hall–Kier alpha value is -0.970. The van der Waals surface area contributed by atoms with Crippen molar-refractivity contribution in [1.82, 2.24) is 4.90 Å². The number of hydrogen-bond acceptors (Lipinski definition) is 1. The predicted octanol–water partition coefficient (Wildman–Crippen LogP) is 1.66. The van der Waals surface area contributed by atoms with Gasteiger partial charge in [0.05, 0.1) is 0 Å². The number of rotatable bonds is 1. The molecule has 0 atom stereocenters. The van der Waals surface area contributed by atoms with Crippen molar-refractivity contribution in [3.05, 3.63) is 0 Å². The van der Waals surface area contributed by atoms with Crippen LogP contribution >= 0.6 is 0 Å². The maximum absolute atomic E-state index is 11.3. The minimum Gasteiger partial charge on any atom is -0.332 e. The molecule has 0 N–H and O–H groups in total. The summed E-state index contributed by atoms with van der Waals surface area (Å²) in [6.07, 6.45) is 3.53. The summed E-state index contributed by atoms with van der Waals surface area (Å²) >= 11 is 0. The van der Waals surface area contributed by atoms with E-state index in [-0.39, 0.29) is 5.91 Å². The second kappa shape index (κ2) is 4.91. The number of likely N-dealkylation sites (tertiary alicyclic amines) is 1. The molecule has 1 aliphatic rings. The smallest absolute Gasteiger partial charge is 0.298 e. The van der Waals surface area contributed by atoms with Gasteiger partial charge in [0.25, 0.3) is 5.91 Å². The molecule has 0 bridgehead atoms. The topological polar surface area (TPSA) is 20.3 Å². The van der Waals surface area contributed by atoms with E-state index in [1.54, 1.807) is 6.92 Å². The van der Waals surface area contributed by atoms with Crippen molar-refractivity contribution in [2.45, 2.75) is 33.1 Å². The Morgan fingerprint density at radius 1 is 1.46 bits per heavy atom. The van der Waals surface area contributed by atoms with E-state index in [1.807, 2.05) is 4.90 Å². The highest BCUT2D eigenvalue weighted by Gasteiger charge is 2.20. The van der Waals surface area contributed by atoms with Crippen LogP contribution in [0, 0.1) is 17.8 Å². The monoisotopic (exact) mass is 179 g/mol. The Morgan fingerprint density at radius 3 is 2.54 bits per heavy atom. The molecule has 1 amide bonds. The molecule has 0 unspecified atom stereocenters. The zero-order valence-electron chi connectivity index (χ0n) is 8.47. The first-order valence-corrected chi connectivity index (χ1v) is 4.99. The van der Waals surface area contributed by atoms with Crippen molar-refractivity contribution in [1.29, 1.82) is 0 Å². The Morgan fingerprint density at radius 2 is 2.08 bits per heavy atom. The highest BCUT2D eigenvalue weighted by Crippen LogP contribution is 2.19. The van der Waals surface area contributed by atoms with Gasteiger partial charge in [-0.25, -0.2) is 0 Å². The van der Waals surface area contributed by atoms with Gasteiger partial charge >= 0.3 is 0 Å². The van der Waals surface area contributed by atoms with Crippen LogP contribution in [0.3, 0.4) is 0 Å². The molecule has 13 heavy (non-hydrogen) atoms. The number of piperidine rings is 1. The largest absolute Gasteiger partial charge is 0.332 e. The zero-order chi connectivity index (χ0) is 9.68. The molecule has 1 heterocycles. The van der Waals surface area contributed by atoms with Crippen LogP contribution < -0.4 is 0 Å². The minimum absolute atomic E-state index is 0.00273. The third-order valence-electron chi connectivity index (χ3n) is 2.71. The number of nitrogens with zero attached hydrogens (tertiary/aromatic N) is 1. The van der Waals surface area contributed by atoms with Crippen LogP contribution in [0.5, 0.6) is 0 Å². The van der Waals surface area contributed by atoms with E-state index in [9.17, 15) is 4.79 Å². The van der Waals surface area contributed by atoms with E-state index in [0.717, 1.165) is 31.8 Å². The highest BCUT2D eigenvalue weighted by molar-refractivity contribution is 5.93. The number of carbonyl (C=O) groups excluding carboxylic acids is 1. The van der Waals surface area contributed by atoms with E-state index in [4.69, 9.17) is 0 Å². The van der Waals surface area contributed by atoms with Gasteiger partial charge in [0, 0.05) is 13.1 Å². The molecule has 0 spiro atoms. The normalized spacial score (nSPS) is 17.8. The van der Waals surface area contributed by atoms with Crippen LogP contribution in [0.4, 0.5) is 0 Å². The summed E-state index contributed by atoms with van der Waals surface area (Å²) < 4.78 is 0. The van der Waals surface area contributed by atoms with Crippen molar-refractivity contribution < 1.29 is 4.79 Å². The Labute approximate surface area is 80.3 Å². The third-order valence-corrected chi connectivity index (χ3v) is 2.71. The van der Waals surface area contributed by atoms with Crippen LogP contribution in [-0.2, 0) is 4.79 Å². The van der Waals surface area contributed by atoms with E-state index < -0.39 is 0 Å². The molecule has 0 saturated carbocycles. The third kappa shape index (κ3) is 2.77. The van der Waals surface area contributed by atoms with Gasteiger partial charge in [-0.1, -0.05) is 19.3 Å². The van der Waals surface area contributed by atoms with Gasteiger partial charge in [0.2, 0.25) is 0 Å². The van der Waals surface area contributed by atoms with E-state index in [0.29, 0.717) is 0 Å². The second-order valence-electron chi connectivity index (χ2n) is 3.52. The van der Waals surface area contributed by atoms with Crippen LogP contribution in [0.2, 0.25) is 0 Å². The lowest BCUT2D eigenvalue weighted by Crippen LogP contribution is -2.37. The molecule has 2 heteroatoms. The molecule has 1 aliphatic heterocycles. The molecule has 0 aliphatic carbocycles. The standard InChI is InChI=1S/C11H17NO/c1-3-5-11(13)12-8-6-10(4-2)7-9-12/h10H,4,6-9H2,1-2H3. The van der Waals surface area contributed by atoms with Crippen molar-refractivity contribution in [3.8, 4) is 11.8 Å². The predicted molar refractivity (Wildman–Crippen MR) is 53.0 cm³/mol. The van der Waals surface area contributed by atoms with Crippen molar-refractivity contribution in [3.63, 3.8) is 0 Å². The molecule has 1 saturated heterocycles. The number of carbonyl (C=O) groups is 1. The average Bonchev–Trinajstić information content (AvgIpc) is 2.18. The first-order valence-electron chi connectivity index (χ1n) is 4.99. The fourth-order valence-corrected chi connectivity index (χ4v) is 1.73. The molecular weight excluding hydrogens is 162 g/mol. The maximum Gasteiger partial charge on any atom is 0.298 e. The van der Waals surface area contributed by atoms with Crippen molar-refractivity contribution in [2.75, 3.05) is 13.1 Å². The molecule has 0 aromatic rings. The summed E-state index contributed by atoms with van der Waals surface area (Å²) in [5.41, 5.74) is 0. The lowest BCUT2D eigenvalue weighted by Gasteiger charge is -2.29. The molecule has 1 fully saturated rings. The lowest BCUT2D eigenvalue weighted by atomic mass is 9.94. The van der Waals surface area contributed by atoms with Crippen LogP contribution in [0.15, 0.2) is 0 Å². The molecule has 0 aromatic carbocycles. The summed E-state index contributed by atoms with van der Waals surface area (Å²) in [6, 6.07) is 0. The van der Waals surface area contributed by atoms with Gasteiger partial charge in [0.1, 0.15) is 0 Å². The van der Waals surface area contributed by atoms with Gasteiger partial charge in [-0.2, -0.15) is 0 Å². The van der Waals surface area contributed by atoms with Crippen LogP contribution in [-0.4, -0.2) is 23.9 Å². The van der Waals surface area contributed by atoms with Gasteiger partial charge < -0.3 is 4.90 Å². The van der Waals surface area contributed by atoms with Crippen molar-refractivity contribution in [2.24, 2.45) is 5.92 Å². The minimum atomic E-state index is -0.00273. The molecule has 1 rings (SSSR count). The molecular formula is C11H17NO. The summed E-state index contributed by atoms with van der Waals surface area (Å²) in [4.78, 5) is 13.2. The van der Waals surface area contributed by atoms with E-state index >= 15 is 0 Å². The molecule has 72 valence electrons. The maximum atomic E-state index is 11.3. The average molecular weight is 179 g/mol. The number of hydrogen-bond donors (Lipinski definition) is 0. The molecule has 2 nitrogen and oxygen atoms in total. The second-order valence-corrected chi connectivity index (χ2v) is 3.52. The SMILES string of the molecule is CC#CC(=O)N1CCC(CC)CC1. The van der Waals surface area contributed by atoms with Crippen LogP contribution in [0.25, 0.3) is 0 Å². The van der Waals surface area contributed by atoms with Gasteiger partial charge in [0.15, 0.2) is 0 Å². The van der Waals surface area contributed by atoms with Crippen LogP contribution in [0.1, 0.15) is 33.1 Å². The van der Waals surface area contributed by atoms with Crippen molar-refractivity contribution >= 4 is 5.91 Å². The summed E-state index contributed by atoms with van der Waals surface area (Å²) in [5.74, 6) is 6.05. The first kappa shape index (κ1) is 10.1. The quantitative estimate of drug-likeness (QED) is 0.561. The van der Waals surface area contributed by atoms with Gasteiger partial charge in [-0.15, -0.1) is 0 Å². The molecule has 0 aromatic heterocycles. The van der Waals surface area contributed by atoms with Gasteiger partial charge in [-0.3, -0.25) is 4.79 Å². The Bertz CT molecular complexity index is 228. The fraction of sp³-hybridized carbons (Fsp3) is 0.727. The lowest BCUT2D eigenvalue weighted by molar-refractivity contribution is -0.126. The Balaban J connectivity index is 2.39.